The Balaban J connectivity index is 1.37. The van der Waals surface area contributed by atoms with Crippen LogP contribution >= 0.6 is 0 Å². The molecule has 33 heavy (non-hydrogen) atoms. The molecular formula is C32H44O. The summed E-state index contributed by atoms with van der Waals surface area (Å²) in [6.07, 6.45) is 16.8. The van der Waals surface area contributed by atoms with Crippen molar-refractivity contribution in [1.29, 1.82) is 0 Å². The van der Waals surface area contributed by atoms with Crippen LogP contribution in [0.15, 0.2) is 59.2 Å². The summed E-state index contributed by atoms with van der Waals surface area (Å²) in [7, 11) is 0. The predicted molar refractivity (Wildman–Crippen MR) is 140 cm³/mol. The van der Waals surface area contributed by atoms with E-state index in [1.165, 1.54) is 37.7 Å². The van der Waals surface area contributed by atoms with E-state index in [-0.39, 0.29) is 16.9 Å². The highest BCUT2D eigenvalue weighted by molar-refractivity contribution is 5.50. The molecule has 0 aromatic heterocycles. The second-order valence-electron chi connectivity index (χ2n) is 12.7. The lowest BCUT2D eigenvalue weighted by atomic mass is 9.46. The molecule has 0 heterocycles. The van der Waals surface area contributed by atoms with Gasteiger partial charge in [-0.3, -0.25) is 0 Å². The molecule has 1 fully saturated rings. The lowest BCUT2D eigenvalue weighted by Crippen LogP contribution is -2.53. The Morgan fingerprint density at radius 3 is 2.52 bits per heavy atom. The summed E-state index contributed by atoms with van der Waals surface area (Å²) >= 11 is 0. The molecule has 6 atom stereocenters. The van der Waals surface area contributed by atoms with Crippen LogP contribution in [0, 0.1) is 34.0 Å². The topological polar surface area (TPSA) is 20.2 Å². The van der Waals surface area contributed by atoms with Crippen LogP contribution in [-0.2, 0) is 0 Å². The van der Waals surface area contributed by atoms with Gasteiger partial charge in [0.25, 0.3) is 0 Å². The van der Waals surface area contributed by atoms with Crippen molar-refractivity contribution in [3.05, 3.63) is 64.8 Å². The average Bonchev–Trinajstić information content (AvgIpc) is 3.15. The van der Waals surface area contributed by atoms with E-state index in [1.807, 2.05) is 0 Å². The molecule has 1 N–H and O–H groups in total. The number of allylic oxidation sites excluding steroid dienone is 5. The monoisotopic (exact) mass is 444 g/mol. The number of aliphatic hydroxyl groups is 1. The largest absolute Gasteiger partial charge is 0.393 e. The molecule has 1 saturated carbocycles. The van der Waals surface area contributed by atoms with Gasteiger partial charge in [-0.1, -0.05) is 88.8 Å². The van der Waals surface area contributed by atoms with Crippen molar-refractivity contribution in [2.24, 2.45) is 34.0 Å². The number of rotatable bonds is 4. The van der Waals surface area contributed by atoms with Crippen molar-refractivity contribution in [2.75, 3.05) is 0 Å². The minimum absolute atomic E-state index is 0.0263. The Hall–Kier alpha value is -1.60. The lowest BCUT2D eigenvalue weighted by Gasteiger charge is -2.59. The van der Waals surface area contributed by atoms with Gasteiger partial charge in [-0.05, 0) is 102 Å². The molecule has 0 aliphatic heterocycles. The fourth-order valence-electron chi connectivity index (χ4n) is 8.72. The second-order valence-corrected chi connectivity index (χ2v) is 12.7. The van der Waals surface area contributed by atoms with E-state index in [9.17, 15) is 5.11 Å². The number of hydrogen-bond donors (Lipinski definition) is 1. The molecule has 0 radical (unpaired) electrons. The highest BCUT2D eigenvalue weighted by atomic mass is 16.3. The van der Waals surface area contributed by atoms with Crippen molar-refractivity contribution in [3.63, 3.8) is 0 Å². The maximum absolute atomic E-state index is 10.8. The Labute approximate surface area is 202 Å². The molecule has 4 aliphatic carbocycles. The molecule has 1 aromatic rings. The number of benzene rings is 1. The standard InChI is InChI=1S/C32H44O/c1-22(10-9-13-23-11-7-6-8-12-23)25-15-16-26-24-14-17-28-30(2,3)29(33)19-21-32(28,5)27(24)18-20-31(25,26)4/h6-9,11-13,16,22,25,28-29,33H,10,14-15,17-21H2,1-5H3/b13-9-/t22-,25-,28+,29+,31-,32-/m1/s1. The van der Waals surface area contributed by atoms with E-state index < -0.39 is 0 Å². The average molecular weight is 445 g/mol. The third-order valence-corrected chi connectivity index (χ3v) is 10.7. The van der Waals surface area contributed by atoms with Crippen molar-refractivity contribution in [3.8, 4) is 0 Å². The number of aliphatic hydroxyl groups excluding tert-OH is 1. The molecule has 4 aliphatic rings. The Kier molecular flexibility index (Phi) is 5.80. The molecule has 1 nitrogen and oxygen atoms in total. The van der Waals surface area contributed by atoms with Crippen LogP contribution in [-0.4, -0.2) is 11.2 Å². The van der Waals surface area contributed by atoms with Gasteiger partial charge in [-0.25, -0.2) is 0 Å². The van der Waals surface area contributed by atoms with Gasteiger partial charge in [0, 0.05) is 0 Å². The second kappa shape index (κ2) is 8.26. The maximum Gasteiger partial charge on any atom is 0.0594 e. The van der Waals surface area contributed by atoms with Crippen molar-refractivity contribution in [1.82, 2.24) is 0 Å². The number of fused-ring (bicyclic) bond motifs is 4. The van der Waals surface area contributed by atoms with E-state index in [1.54, 1.807) is 16.7 Å². The summed E-state index contributed by atoms with van der Waals surface area (Å²) < 4.78 is 0. The zero-order valence-corrected chi connectivity index (χ0v) is 21.5. The van der Waals surface area contributed by atoms with Gasteiger partial charge in [0.15, 0.2) is 0 Å². The maximum atomic E-state index is 10.8. The highest BCUT2D eigenvalue weighted by Gasteiger charge is 2.57. The summed E-state index contributed by atoms with van der Waals surface area (Å²) in [6, 6.07) is 10.7. The lowest BCUT2D eigenvalue weighted by molar-refractivity contribution is -0.0905. The van der Waals surface area contributed by atoms with E-state index in [4.69, 9.17) is 0 Å². The van der Waals surface area contributed by atoms with Crippen LogP contribution in [0.25, 0.3) is 6.08 Å². The summed E-state index contributed by atoms with van der Waals surface area (Å²) in [5, 5.41) is 10.8. The summed E-state index contributed by atoms with van der Waals surface area (Å²) in [6.45, 7) is 12.3. The van der Waals surface area contributed by atoms with E-state index >= 15 is 0 Å². The van der Waals surface area contributed by atoms with Gasteiger partial charge in [-0.2, -0.15) is 0 Å². The molecule has 5 rings (SSSR count). The van der Waals surface area contributed by atoms with Crippen LogP contribution in [0.4, 0.5) is 0 Å². The highest BCUT2D eigenvalue weighted by Crippen LogP contribution is 2.66. The first-order chi connectivity index (χ1) is 15.7. The normalized spacial score (nSPS) is 38.5. The van der Waals surface area contributed by atoms with Gasteiger partial charge in [0.1, 0.15) is 0 Å². The molecule has 178 valence electrons. The van der Waals surface area contributed by atoms with E-state index in [0.29, 0.717) is 17.3 Å². The molecule has 1 heteroatoms. The van der Waals surface area contributed by atoms with Gasteiger partial charge < -0.3 is 5.11 Å². The fourth-order valence-corrected chi connectivity index (χ4v) is 8.72. The smallest absolute Gasteiger partial charge is 0.0594 e. The predicted octanol–water partition coefficient (Wildman–Crippen LogP) is 8.37. The Morgan fingerprint density at radius 1 is 1.00 bits per heavy atom. The zero-order valence-electron chi connectivity index (χ0n) is 21.5. The molecule has 0 bridgehead atoms. The number of hydrogen-bond acceptors (Lipinski definition) is 1. The van der Waals surface area contributed by atoms with Gasteiger partial charge in [0.05, 0.1) is 6.10 Å². The summed E-state index contributed by atoms with van der Waals surface area (Å²) in [4.78, 5) is 0. The van der Waals surface area contributed by atoms with Gasteiger partial charge >= 0.3 is 0 Å². The first-order valence-electron chi connectivity index (χ1n) is 13.5. The molecule has 0 spiro atoms. The third kappa shape index (κ3) is 3.61. The fraction of sp³-hybridized carbons (Fsp3) is 0.625. The van der Waals surface area contributed by atoms with Crippen LogP contribution in [0.5, 0.6) is 0 Å². The van der Waals surface area contributed by atoms with Crippen LogP contribution in [0.1, 0.15) is 91.5 Å². The van der Waals surface area contributed by atoms with Crippen molar-refractivity contribution in [2.45, 2.75) is 92.1 Å². The van der Waals surface area contributed by atoms with Crippen LogP contribution in [0.3, 0.4) is 0 Å². The Morgan fingerprint density at radius 2 is 1.76 bits per heavy atom. The molecule has 0 saturated heterocycles. The summed E-state index contributed by atoms with van der Waals surface area (Å²) in [5.74, 6) is 2.05. The first kappa shape index (κ1) is 23.2. The molecular weight excluding hydrogens is 400 g/mol. The quantitative estimate of drug-likeness (QED) is 0.494. The molecule has 0 unspecified atom stereocenters. The van der Waals surface area contributed by atoms with E-state index in [0.717, 1.165) is 25.2 Å². The minimum Gasteiger partial charge on any atom is -0.393 e. The molecule has 1 aromatic carbocycles. The summed E-state index contributed by atoms with van der Waals surface area (Å²) in [5.41, 5.74) is 7.18. The van der Waals surface area contributed by atoms with E-state index in [2.05, 4.69) is 83.2 Å². The Bertz CT molecular complexity index is 979. The first-order valence-corrected chi connectivity index (χ1v) is 13.5. The molecule has 0 amide bonds. The van der Waals surface area contributed by atoms with Gasteiger partial charge in [-0.15, -0.1) is 0 Å². The van der Waals surface area contributed by atoms with Crippen molar-refractivity contribution < 1.29 is 5.11 Å². The third-order valence-electron chi connectivity index (χ3n) is 10.7. The zero-order chi connectivity index (χ0) is 23.4. The van der Waals surface area contributed by atoms with Crippen LogP contribution < -0.4 is 0 Å². The SMILES string of the molecule is C[C@H](C/C=C\c1ccccc1)[C@H]1CC=C2C3=C(CC[C@@]21C)[C@@]1(C)CC[C@H](O)C(C)(C)[C@@H]1CC3. The minimum atomic E-state index is -0.147. The van der Waals surface area contributed by atoms with Gasteiger partial charge in [0.2, 0.25) is 0 Å². The van der Waals surface area contributed by atoms with Crippen LogP contribution in [0.2, 0.25) is 0 Å². The van der Waals surface area contributed by atoms with Crippen molar-refractivity contribution >= 4 is 6.08 Å².